The van der Waals surface area contributed by atoms with Crippen LogP contribution in [0.4, 0.5) is 0 Å². The maximum atomic E-state index is 13.3. The smallest absolute Gasteiger partial charge is 0.295 e. The molecule has 0 bridgehead atoms. The van der Waals surface area contributed by atoms with Crippen molar-refractivity contribution < 1.29 is 38.4 Å². The van der Waals surface area contributed by atoms with Gasteiger partial charge in [-0.25, -0.2) is 0 Å². The quantitative estimate of drug-likeness (QED) is 0.382. The van der Waals surface area contributed by atoms with Crippen molar-refractivity contribution >= 4 is 17.4 Å². The molecule has 0 radical (unpaired) electrons. The standard InChI is InChI=1S/C26H27NO8/c1-31-18-7-5-15(12-20(18)32-2)23-22(25(29)26(30)27(23)14-17-4-3-9-33-17)24(28)16-6-8-19-21(13-16)35-11-10-34-19/h5-8,12-13,17,23,28H,3-4,9-11,14H2,1-2H3. The Labute approximate surface area is 202 Å². The molecule has 3 heterocycles. The van der Waals surface area contributed by atoms with Crippen LogP contribution in [0.15, 0.2) is 42.0 Å². The third kappa shape index (κ3) is 4.16. The van der Waals surface area contributed by atoms with Crippen LogP contribution in [0.25, 0.3) is 5.76 Å². The molecule has 1 amide bonds. The Hall–Kier alpha value is -3.72. The first-order chi connectivity index (χ1) is 17.0. The lowest BCUT2D eigenvalue weighted by Gasteiger charge is -2.28. The third-order valence-electron chi connectivity index (χ3n) is 6.50. The molecule has 9 nitrogen and oxygen atoms in total. The summed E-state index contributed by atoms with van der Waals surface area (Å²) in [5, 5.41) is 11.3. The van der Waals surface area contributed by atoms with Crippen molar-refractivity contribution in [1.82, 2.24) is 4.90 Å². The van der Waals surface area contributed by atoms with Gasteiger partial charge in [-0.1, -0.05) is 6.07 Å². The molecular formula is C26H27NO8. The fourth-order valence-electron chi connectivity index (χ4n) is 4.79. The molecule has 0 aliphatic carbocycles. The number of aliphatic hydroxyl groups is 1. The number of hydrogen-bond acceptors (Lipinski definition) is 8. The van der Waals surface area contributed by atoms with Crippen molar-refractivity contribution in [2.24, 2.45) is 0 Å². The Morgan fingerprint density at radius 1 is 1.00 bits per heavy atom. The number of ether oxygens (including phenoxy) is 5. The fraction of sp³-hybridized carbons (Fsp3) is 0.385. The second-order valence-corrected chi connectivity index (χ2v) is 8.56. The number of carbonyl (C=O) groups excluding carboxylic acids is 2. The van der Waals surface area contributed by atoms with Crippen LogP contribution in [0.1, 0.15) is 30.0 Å². The molecule has 0 spiro atoms. The molecule has 2 atom stereocenters. The molecule has 3 aliphatic heterocycles. The molecule has 184 valence electrons. The molecule has 35 heavy (non-hydrogen) atoms. The second-order valence-electron chi connectivity index (χ2n) is 8.56. The first-order valence-electron chi connectivity index (χ1n) is 11.5. The van der Waals surface area contributed by atoms with Crippen LogP contribution >= 0.6 is 0 Å². The monoisotopic (exact) mass is 481 g/mol. The number of ketones is 1. The van der Waals surface area contributed by atoms with E-state index in [2.05, 4.69) is 0 Å². The van der Waals surface area contributed by atoms with Crippen molar-refractivity contribution in [2.45, 2.75) is 25.0 Å². The Morgan fingerprint density at radius 2 is 1.77 bits per heavy atom. The van der Waals surface area contributed by atoms with Gasteiger partial charge >= 0.3 is 0 Å². The van der Waals surface area contributed by atoms with Crippen molar-refractivity contribution in [2.75, 3.05) is 40.6 Å². The highest BCUT2D eigenvalue weighted by Gasteiger charge is 2.47. The van der Waals surface area contributed by atoms with Crippen LogP contribution in [0.2, 0.25) is 0 Å². The van der Waals surface area contributed by atoms with Gasteiger partial charge in [-0.05, 0) is 48.7 Å². The lowest BCUT2D eigenvalue weighted by atomic mass is 9.94. The van der Waals surface area contributed by atoms with E-state index in [-0.39, 0.29) is 24.0 Å². The van der Waals surface area contributed by atoms with E-state index in [0.29, 0.717) is 53.9 Å². The van der Waals surface area contributed by atoms with Gasteiger partial charge in [0.1, 0.15) is 19.0 Å². The predicted octanol–water partition coefficient (Wildman–Crippen LogP) is 3.08. The first kappa shape index (κ1) is 23.0. The zero-order valence-corrected chi connectivity index (χ0v) is 19.6. The Morgan fingerprint density at radius 3 is 2.49 bits per heavy atom. The predicted molar refractivity (Wildman–Crippen MR) is 125 cm³/mol. The third-order valence-corrected chi connectivity index (χ3v) is 6.50. The molecule has 2 fully saturated rings. The zero-order chi connectivity index (χ0) is 24.5. The van der Waals surface area contributed by atoms with Gasteiger partial charge in [0.15, 0.2) is 23.0 Å². The number of aliphatic hydroxyl groups excluding tert-OH is 1. The minimum absolute atomic E-state index is 0.00288. The van der Waals surface area contributed by atoms with Gasteiger partial charge in [0.25, 0.3) is 11.7 Å². The number of rotatable bonds is 6. The molecule has 2 unspecified atom stereocenters. The highest BCUT2D eigenvalue weighted by Crippen LogP contribution is 2.43. The van der Waals surface area contributed by atoms with Crippen molar-refractivity contribution in [3.05, 3.63) is 53.1 Å². The number of nitrogens with zero attached hydrogens (tertiary/aromatic N) is 1. The molecule has 0 saturated carbocycles. The minimum Gasteiger partial charge on any atom is -0.507 e. The number of amides is 1. The van der Waals surface area contributed by atoms with E-state index in [1.165, 1.54) is 19.1 Å². The molecule has 2 aromatic carbocycles. The number of Topliss-reactive ketones (excluding diaryl/α,β-unsaturated/α-hetero) is 1. The summed E-state index contributed by atoms with van der Waals surface area (Å²) in [5.41, 5.74) is 0.964. The molecule has 5 rings (SSSR count). The summed E-state index contributed by atoms with van der Waals surface area (Å²) < 4.78 is 27.7. The highest BCUT2D eigenvalue weighted by molar-refractivity contribution is 6.46. The maximum absolute atomic E-state index is 13.3. The number of benzene rings is 2. The lowest BCUT2D eigenvalue weighted by Crippen LogP contribution is -2.36. The summed E-state index contributed by atoms with van der Waals surface area (Å²) in [7, 11) is 3.04. The van der Waals surface area contributed by atoms with Gasteiger partial charge < -0.3 is 33.7 Å². The summed E-state index contributed by atoms with van der Waals surface area (Å²) in [6, 6.07) is 9.30. The summed E-state index contributed by atoms with van der Waals surface area (Å²) in [4.78, 5) is 28.0. The van der Waals surface area contributed by atoms with E-state index in [1.54, 1.807) is 36.4 Å². The maximum Gasteiger partial charge on any atom is 0.295 e. The van der Waals surface area contributed by atoms with E-state index in [0.717, 1.165) is 12.8 Å². The van der Waals surface area contributed by atoms with Gasteiger partial charge in [0, 0.05) is 18.7 Å². The number of likely N-dealkylation sites (tertiary alicyclic amines) is 1. The SMILES string of the molecule is COc1ccc(C2C(=C(O)c3ccc4c(c3)OCCO4)C(=O)C(=O)N2CC2CCCO2)cc1OC. The number of hydrogen-bond donors (Lipinski definition) is 1. The summed E-state index contributed by atoms with van der Waals surface area (Å²) in [5.74, 6) is 0.273. The Balaban J connectivity index is 1.62. The van der Waals surface area contributed by atoms with Gasteiger partial charge in [-0.3, -0.25) is 9.59 Å². The molecule has 2 saturated heterocycles. The Bertz CT molecular complexity index is 1180. The summed E-state index contributed by atoms with van der Waals surface area (Å²) in [6.45, 7) is 1.68. The number of fused-ring (bicyclic) bond motifs is 1. The lowest BCUT2D eigenvalue weighted by molar-refractivity contribution is -0.140. The molecule has 2 aromatic rings. The first-order valence-corrected chi connectivity index (χ1v) is 11.5. The van der Waals surface area contributed by atoms with Crippen molar-refractivity contribution in [3.63, 3.8) is 0 Å². The van der Waals surface area contributed by atoms with Crippen LogP contribution in [-0.2, 0) is 14.3 Å². The normalized spacial score (nSPS) is 23.0. The van der Waals surface area contributed by atoms with Gasteiger partial charge in [-0.15, -0.1) is 0 Å². The van der Waals surface area contributed by atoms with E-state index in [4.69, 9.17) is 23.7 Å². The molecule has 1 N–H and O–H groups in total. The van der Waals surface area contributed by atoms with Crippen LogP contribution in [0.3, 0.4) is 0 Å². The second kappa shape index (κ2) is 9.50. The van der Waals surface area contributed by atoms with E-state index in [1.807, 2.05) is 0 Å². The summed E-state index contributed by atoms with van der Waals surface area (Å²) in [6.07, 6.45) is 1.52. The van der Waals surface area contributed by atoms with Crippen molar-refractivity contribution in [1.29, 1.82) is 0 Å². The van der Waals surface area contributed by atoms with Gasteiger partial charge in [0.2, 0.25) is 0 Å². The average molecular weight is 482 g/mol. The van der Waals surface area contributed by atoms with Crippen LogP contribution in [-0.4, -0.2) is 68.4 Å². The Kier molecular flexibility index (Phi) is 6.25. The van der Waals surface area contributed by atoms with Crippen LogP contribution < -0.4 is 18.9 Å². The zero-order valence-electron chi connectivity index (χ0n) is 19.6. The summed E-state index contributed by atoms with van der Waals surface area (Å²) >= 11 is 0. The minimum atomic E-state index is -0.827. The van der Waals surface area contributed by atoms with Crippen molar-refractivity contribution in [3.8, 4) is 23.0 Å². The van der Waals surface area contributed by atoms with Gasteiger partial charge in [0.05, 0.1) is 31.9 Å². The average Bonchev–Trinajstić information content (AvgIpc) is 3.50. The highest BCUT2D eigenvalue weighted by atomic mass is 16.6. The van der Waals surface area contributed by atoms with E-state index < -0.39 is 17.7 Å². The number of carbonyl (C=O) groups is 2. The fourth-order valence-corrected chi connectivity index (χ4v) is 4.79. The van der Waals surface area contributed by atoms with E-state index >= 15 is 0 Å². The van der Waals surface area contributed by atoms with E-state index in [9.17, 15) is 14.7 Å². The number of methoxy groups -OCH3 is 2. The van der Waals surface area contributed by atoms with Crippen LogP contribution in [0.5, 0.6) is 23.0 Å². The van der Waals surface area contributed by atoms with Crippen LogP contribution in [0, 0.1) is 0 Å². The molecule has 0 aromatic heterocycles. The molecule has 3 aliphatic rings. The molecule has 9 heteroatoms. The van der Waals surface area contributed by atoms with Gasteiger partial charge in [-0.2, -0.15) is 0 Å². The molecular weight excluding hydrogens is 454 g/mol. The topological polar surface area (TPSA) is 104 Å². The largest absolute Gasteiger partial charge is 0.507 e.